The summed E-state index contributed by atoms with van der Waals surface area (Å²) in [6.07, 6.45) is 2.29. The van der Waals surface area contributed by atoms with Gasteiger partial charge in [0.25, 0.3) is 0 Å². The molecule has 1 aromatic heterocycles. The number of thioether (sulfide) groups is 1. The van der Waals surface area contributed by atoms with E-state index in [-0.39, 0.29) is 16.1 Å². The number of thiocarbonyl (C=S) groups is 1. The Labute approximate surface area is 131 Å². The Bertz CT molecular complexity index is 701. The van der Waals surface area contributed by atoms with Gasteiger partial charge in [0.2, 0.25) is 5.91 Å². The zero-order valence-corrected chi connectivity index (χ0v) is 13.0. The molecule has 0 radical (unpaired) electrons. The van der Waals surface area contributed by atoms with Crippen LogP contribution in [0.3, 0.4) is 0 Å². The summed E-state index contributed by atoms with van der Waals surface area (Å²) in [4.78, 5) is 13.8. The second-order valence-corrected chi connectivity index (χ2v) is 6.49. The van der Waals surface area contributed by atoms with E-state index in [0.717, 1.165) is 11.3 Å². The first kappa shape index (κ1) is 14.1. The molecule has 21 heavy (non-hydrogen) atoms. The normalized spacial score (nSPS) is 16.5. The van der Waals surface area contributed by atoms with Gasteiger partial charge in [-0.25, -0.2) is 0 Å². The smallest absolute Gasteiger partial charge is 0.239 e. The molecule has 0 fully saturated rings. The van der Waals surface area contributed by atoms with E-state index in [1.54, 1.807) is 29.7 Å². The number of aryl methyl sites for hydroxylation is 1. The third kappa shape index (κ3) is 2.66. The van der Waals surface area contributed by atoms with Crippen molar-refractivity contribution >= 4 is 40.7 Å². The molecule has 7 heteroatoms. The molecule has 1 aromatic carbocycles. The van der Waals surface area contributed by atoms with Gasteiger partial charge in [-0.2, -0.15) is 5.10 Å². The zero-order valence-electron chi connectivity index (χ0n) is 11.4. The van der Waals surface area contributed by atoms with Crippen molar-refractivity contribution in [2.24, 2.45) is 12.8 Å². The van der Waals surface area contributed by atoms with Crippen LogP contribution in [0.1, 0.15) is 11.1 Å². The molecule has 108 valence electrons. The molecule has 0 aliphatic carbocycles. The predicted molar refractivity (Wildman–Crippen MR) is 87.5 cm³/mol. The molecule has 2 heterocycles. The van der Waals surface area contributed by atoms with Crippen molar-refractivity contribution in [2.75, 3.05) is 5.32 Å². The Hall–Kier alpha value is -1.86. The summed E-state index contributed by atoms with van der Waals surface area (Å²) in [5.41, 5.74) is 7.44. The minimum Gasteiger partial charge on any atom is -0.389 e. The van der Waals surface area contributed by atoms with E-state index in [0.29, 0.717) is 11.4 Å². The zero-order chi connectivity index (χ0) is 15.0. The van der Waals surface area contributed by atoms with Gasteiger partial charge in [0.05, 0.1) is 17.0 Å². The quantitative estimate of drug-likeness (QED) is 0.843. The monoisotopic (exact) mass is 318 g/mol. The molecule has 0 bridgehead atoms. The van der Waals surface area contributed by atoms with Gasteiger partial charge in [0.15, 0.2) is 0 Å². The molecule has 0 spiro atoms. The summed E-state index contributed by atoms with van der Waals surface area (Å²) in [7, 11) is 1.74. The molecular formula is C14H14N4OS2. The van der Waals surface area contributed by atoms with Crippen LogP contribution >= 0.6 is 24.0 Å². The third-order valence-electron chi connectivity index (χ3n) is 3.39. The van der Waals surface area contributed by atoms with Gasteiger partial charge in [0, 0.05) is 11.9 Å². The van der Waals surface area contributed by atoms with E-state index in [1.165, 1.54) is 5.56 Å². The number of anilines is 1. The molecule has 0 saturated carbocycles. The molecule has 1 aliphatic heterocycles. The first-order valence-electron chi connectivity index (χ1n) is 6.43. The van der Waals surface area contributed by atoms with Crippen molar-refractivity contribution in [3.63, 3.8) is 0 Å². The maximum atomic E-state index is 12.5. The number of amides is 1. The standard InChI is InChI=1S/C14H14N4OS2/c1-18-13(9(7-16-18)12(15)20)17-14(19)11-6-8-4-2-3-5-10(8)21-11/h2-5,7,11H,6H2,1H3,(H2,15,20)(H,17,19). The highest BCUT2D eigenvalue weighted by Crippen LogP contribution is 2.37. The minimum atomic E-state index is -0.142. The van der Waals surface area contributed by atoms with Gasteiger partial charge in [-0.15, -0.1) is 11.8 Å². The summed E-state index contributed by atoms with van der Waals surface area (Å²) in [6.45, 7) is 0. The topological polar surface area (TPSA) is 72.9 Å². The highest BCUT2D eigenvalue weighted by molar-refractivity contribution is 8.01. The number of nitrogens with one attached hydrogen (secondary N) is 1. The largest absolute Gasteiger partial charge is 0.389 e. The maximum Gasteiger partial charge on any atom is 0.239 e. The van der Waals surface area contributed by atoms with Crippen LogP contribution in [0, 0.1) is 0 Å². The first-order chi connectivity index (χ1) is 10.1. The van der Waals surface area contributed by atoms with E-state index in [1.807, 2.05) is 18.2 Å². The molecule has 0 saturated heterocycles. The van der Waals surface area contributed by atoms with Crippen molar-refractivity contribution in [2.45, 2.75) is 16.6 Å². The van der Waals surface area contributed by atoms with Crippen molar-refractivity contribution < 1.29 is 4.79 Å². The lowest BCUT2D eigenvalue weighted by atomic mass is 10.1. The number of hydrogen-bond donors (Lipinski definition) is 2. The molecular weight excluding hydrogens is 304 g/mol. The Morgan fingerprint density at radius 1 is 1.52 bits per heavy atom. The summed E-state index contributed by atoms with van der Waals surface area (Å²) in [6, 6.07) is 8.07. The summed E-state index contributed by atoms with van der Waals surface area (Å²) >= 11 is 6.56. The van der Waals surface area contributed by atoms with Gasteiger partial charge in [-0.05, 0) is 18.1 Å². The SMILES string of the molecule is Cn1ncc(C(N)=S)c1NC(=O)C1Cc2ccccc2S1. The van der Waals surface area contributed by atoms with Crippen LogP contribution in [0.2, 0.25) is 0 Å². The lowest BCUT2D eigenvalue weighted by Gasteiger charge is -2.11. The van der Waals surface area contributed by atoms with Gasteiger partial charge >= 0.3 is 0 Å². The van der Waals surface area contributed by atoms with Crippen LogP contribution in [0.4, 0.5) is 5.82 Å². The number of benzene rings is 1. The van der Waals surface area contributed by atoms with Crippen molar-refractivity contribution in [3.05, 3.63) is 41.6 Å². The molecule has 3 rings (SSSR count). The lowest BCUT2D eigenvalue weighted by Crippen LogP contribution is -2.27. The molecule has 3 N–H and O–H groups in total. The fourth-order valence-corrected chi connectivity index (χ4v) is 3.64. The summed E-state index contributed by atoms with van der Waals surface area (Å²) < 4.78 is 1.57. The molecule has 1 amide bonds. The molecule has 2 aromatic rings. The number of rotatable bonds is 3. The summed E-state index contributed by atoms with van der Waals surface area (Å²) in [5.74, 6) is 0.487. The van der Waals surface area contributed by atoms with Crippen molar-refractivity contribution in [3.8, 4) is 0 Å². The third-order valence-corrected chi connectivity index (χ3v) is 4.92. The first-order valence-corrected chi connectivity index (χ1v) is 7.72. The maximum absolute atomic E-state index is 12.5. The Morgan fingerprint density at radius 3 is 3.00 bits per heavy atom. The van der Waals surface area contributed by atoms with Gasteiger partial charge < -0.3 is 11.1 Å². The van der Waals surface area contributed by atoms with Gasteiger partial charge in [-0.3, -0.25) is 9.48 Å². The number of carbonyl (C=O) groups excluding carboxylic acids is 1. The molecule has 5 nitrogen and oxygen atoms in total. The fraction of sp³-hybridized carbons (Fsp3) is 0.214. The summed E-state index contributed by atoms with van der Waals surface area (Å²) in [5, 5.41) is 6.83. The highest BCUT2D eigenvalue weighted by atomic mass is 32.2. The molecule has 1 aliphatic rings. The van der Waals surface area contributed by atoms with E-state index in [4.69, 9.17) is 18.0 Å². The molecule has 1 unspecified atom stereocenters. The highest BCUT2D eigenvalue weighted by Gasteiger charge is 2.29. The van der Waals surface area contributed by atoms with E-state index < -0.39 is 0 Å². The van der Waals surface area contributed by atoms with Gasteiger partial charge in [-0.1, -0.05) is 30.4 Å². The average Bonchev–Trinajstić information content (AvgIpc) is 3.03. The van der Waals surface area contributed by atoms with Crippen LogP contribution < -0.4 is 11.1 Å². The van der Waals surface area contributed by atoms with Crippen molar-refractivity contribution in [1.82, 2.24) is 9.78 Å². The van der Waals surface area contributed by atoms with Gasteiger partial charge in [0.1, 0.15) is 10.8 Å². The predicted octanol–water partition coefficient (Wildman–Crippen LogP) is 1.71. The fourth-order valence-electron chi connectivity index (χ4n) is 2.29. The second-order valence-electron chi connectivity index (χ2n) is 4.80. The average molecular weight is 318 g/mol. The number of nitrogens with two attached hydrogens (primary N) is 1. The second kappa shape index (κ2) is 5.50. The number of carbonyl (C=O) groups is 1. The Kier molecular flexibility index (Phi) is 3.69. The van der Waals surface area contributed by atoms with E-state index >= 15 is 0 Å². The number of nitrogens with zero attached hydrogens (tertiary/aromatic N) is 2. The van der Waals surface area contributed by atoms with Crippen LogP contribution in [0.25, 0.3) is 0 Å². The van der Waals surface area contributed by atoms with Crippen LogP contribution in [-0.2, 0) is 18.3 Å². The van der Waals surface area contributed by atoms with E-state index in [2.05, 4.69) is 16.5 Å². The lowest BCUT2D eigenvalue weighted by molar-refractivity contribution is -0.115. The van der Waals surface area contributed by atoms with Crippen LogP contribution in [-0.4, -0.2) is 25.9 Å². The number of aromatic nitrogens is 2. The van der Waals surface area contributed by atoms with E-state index in [9.17, 15) is 4.79 Å². The Morgan fingerprint density at radius 2 is 2.29 bits per heavy atom. The molecule has 1 atom stereocenters. The number of hydrogen-bond acceptors (Lipinski definition) is 4. The Balaban J connectivity index is 1.77. The number of fused-ring (bicyclic) bond motifs is 1. The van der Waals surface area contributed by atoms with Crippen LogP contribution in [0.5, 0.6) is 0 Å². The minimum absolute atomic E-state index is 0.0581. The van der Waals surface area contributed by atoms with Crippen LogP contribution in [0.15, 0.2) is 35.4 Å². The van der Waals surface area contributed by atoms with Crippen molar-refractivity contribution in [1.29, 1.82) is 0 Å².